The van der Waals surface area contributed by atoms with E-state index >= 15 is 0 Å². The first kappa shape index (κ1) is 18.7. The maximum atomic E-state index is 12.5. The van der Waals surface area contributed by atoms with Gasteiger partial charge in [0.1, 0.15) is 12.2 Å². The molecule has 0 atom stereocenters. The first-order chi connectivity index (χ1) is 14.2. The maximum Gasteiger partial charge on any atom is 0.374 e. The number of fused-ring (bicyclic) bond motifs is 2. The van der Waals surface area contributed by atoms with Crippen molar-refractivity contribution in [2.24, 2.45) is 0 Å². The SMILES string of the molecule is CCOC(=O)c1oc2ccccc2c1COC(=O)Cc1cccc2cccnc12. The lowest BCUT2D eigenvalue weighted by atomic mass is 10.1. The molecule has 29 heavy (non-hydrogen) atoms. The molecule has 0 aliphatic heterocycles. The van der Waals surface area contributed by atoms with E-state index in [0.717, 1.165) is 21.9 Å². The number of hydrogen-bond acceptors (Lipinski definition) is 6. The van der Waals surface area contributed by atoms with Crippen LogP contribution in [0.4, 0.5) is 0 Å². The largest absolute Gasteiger partial charge is 0.460 e. The number of furan rings is 1. The monoisotopic (exact) mass is 389 g/mol. The Morgan fingerprint density at radius 3 is 2.69 bits per heavy atom. The Bertz CT molecular complexity index is 1190. The minimum Gasteiger partial charge on any atom is -0.460 e. The molecular weight excluding hydrogens is 370 g/mol. The van der Waals surface area contributed by atoms with Crippen molar-refractivity contribution in [2.75, 3.05) is 6.61 Å². The Kier molecular flexibility index (Phi) is 5.24. The molecule has 6 nitrogen and oxygen atoms in total. The quantitative estimate of drug-likeness (QED) is 0.454. The molecule has 0 bridgehead atoms. The molecule has 0 saturated heterocycles. The van der Waals surface area contributed by atoms with Crippen LogP contribution in [-0.2, 0) is 27.3 Å². The lowest BCUT2D eigenvalue weighted by Crippen LogP contribution is -2.11. The highest BCUT2D eigenvalue weighted by Crippen LogP contribution is 2.27. The Morgan fingerprint density at radius 2 is 1.83 bits per heavy atom. The smallest absolute Gasteiger partial charge is 0.374 e. The molecule has 0 radical (unpaired) electrons. The van der Waals surface area contributed by atoms with Gasteiger partial charge in [0.05, 0.1) is 24.1 Å². The fourth-order valence-corrected chi connectivity index (χ4v) is 3.27. The molecule has 146 valence electrons. The molecule has 0 amide bonds. The highest BCUT2D eigenvalue weighted by atomic mass is 16.5. The third kappa shape index (κ3) is 3.82. The first-order valence-corrected chi connectivity index (χ1v) is 9.33. The summed E-state index contributed by atoms with van der Waals surface area (Å²) in [6.07, 6.45) is 1.78. The number of ether oxygens (including phenoxy) is 2. The van der Waals surface area contributed by atoms with Crippen molar-refractivity contribution in [3.05, 3.63) is 77.7 Å². The molecule has 2 heterocycles. The zero-order chi connectivity index (χ0) is 20.2. The van der Waals surface area contributed by atoms with Crippen molar-refractivity contribution in [3.63, 3.8) is 0 Å². The highest BCUT2D eigenvalue weighted by molar-refractivity contribution is 5.96. The van der Waals surface area contributed by atoms with Gasteiger partial charge in [0, 0.05) is 17.0 Å². The van der Waals surface area contributed by atoms with Gasteiger partial charge in [-0.3, -0.25) is 9.78 Å². The van der Waals surface area contributed by atoms with Gasteiger partial charge in [-0.2, -0.15) is 0 Å². The molecule has 4 aromatic rings. The topological polar surface area (TPSA) is 78.6 Å². The second-order valence-corrected chi connectivity index (χ2v) is 6.46. The predicted octanol–water partition coefficient (Wildman–Crippen LogP) is 4.44. The van der Waals surface area contributed by atoms with Crippen LogP contribution in [0.2, 0.25) is 0 Å². The molecule has 0 unspecified atom stereocenters. The van der Waals surface area contributed by atoms with Gasteiger partial charge in [-0.25, -0.2) is 4.79 Å². The minimum absolute atomic E-state index is 0.0627. The van der Waals surface area contributed by atoms with E-state index < -0.39 is 11.9 Å². The van der Waals surface area contributed by atoms with Crippen LogP contribution in [0.5, 0.6) is 0 Å². The summed E-state index contributed by atoms with van der Waals surface area (Å²) >= 11 is 0. The van der Waals surface area contributed by atoms with E-state index in [1.54, 1.807) is 19.2 Å². The third-order valence-electron chi connectivity index (χ3n) is 4.59. The van der Waals surface area contributed by atoms with Gasteiger partial charge in [0.2, 0.25) is 5.76 Å². The van der Waals surface area contributed by atoms with Crippen LogP contribution >= 0.6 is 0 Å². The van der Waals surface area contributed by atoms with E-state index in [2.05, 4.69) is 4.98 Å². The molecular formula is C23H19NO5. The number of aromatic nitrogens is 1. The van der Waals surface area contributed by atoms with Crippen LogP contribution in [-0.4, -0.2) is 23.5 Å². The van der Waals surface area contributed by atoms with Crippen molar-refractivity contribution in [1.29, 1.82) is 0 Å². The second-order valence-electron chi connectivity index (χ2n) is 6.46. The number of hydrogen-bond donors (Lipinski definition) is 0. The second kappa shape index (κ2) is 8.14. The average Bonchev–Trinajstić information content (AvgIpc) is 3.11. The van der Waals surface area contributed by atoms with Gasteiger partial charge in [0.25, 0.3) is 0 Å². The first-order valence-electron chi connectivity index (χ1n) is 9.33. The van der Waals surface area contributed by atoms with Crippen LogP contribution in [0.25, 0.3) is 21.9 Å². The summed E-state index contributed by atoms with van der Waals surface area (Å²) in [4.78, 5) is 29.1. The van der Waals surface area contributed by atoms with Crippen molar-refractivity contribution >= 4 is 33.8 Å². The summed E-state index contributed by atoms with van der Waals surface area (Å²) in [5.41, 5.74) is 2.60. The van der Waals surface area contributed by atoms with E-state index in [9.17, 15) is 9.59 Å². The third-order valence-corrected chi connectivity index (χ3v) is 4.59. The normalized spacial score (nSPS) is 10.9. The Balaban J connectivity index is 1.55. The summed E-state index contributed by atoms with van der Waals surface area (Å²) in [7, 11) is 0. The molecule has 4 rings (SSSR count). The molecule has 2 aromatic heterocycles. The van der Waals surface area contributed by atoms with E-state index in [4.69, 9.17) is 13.9 Å². The fraction of sp³-hybridized carbons (Fsp3) is 0.174. The van der Waals surface area contributed by atoms with E-state index in [-0.39, 0.29) is 25.4 Å². The molecule has 0 saturated carbocycles. The number of pyridine rings is 1. The van der Waals surface area contributed by atoms with E-state index in [0.29, 0.717) is 11.1 Å². The van der Waals surface area contributed by atoms with Crippen molar-refractivity contribution < 1.29 is 23.5 Å². The van der Waals surface area contributed by atoms with Crippen LogP contribution in [0, 0.1) is 0 Å². The summed E-state index contributed by atoms with van der Waals surface area (Å²) in [6, 6.07) is 16.7. The zero-order valence-corrected chi connectivity index (χ0v) is 15.9. The Labute approximate surface area is 167 Å². The number of rotatable bonds is 6. The Morgan fingerprint density at radius 1 is 1.00 bits per heavy atom. The van der Waals surface area contributed by atoms with E-state index in [1.165, 1.54) is 0 Å². The highest BCUT2D eigenvalue weighted by Gasteiger charge is 2.22. The number of nitrogens with zero attached hydrogens (tertiary/aromatic N) is 1. The molecule has 0 fully saturated rings. The summed E-state index contributed by atoms with van der Waals surface area (Å²) in [5.74, 6) is -0.927. The number of carbonyl (C=O) groups excluding carboxylic acids is 2. The fourth-order valence-electron chi connectivity index (χ4n) is 3.27. The van der Waals surface area contributed by atoms with Crippen molar-refractivity contribution in [3.8, 4) is 0 Å². The number of para-hydroxylation sites is 2. The van der Waals surface area contributed by atoms with Gasteiger partial charge in [-0.1, -0.05) is 42.5 Å². The predicted molar refractivity (Wildman–Crippen MR) is 107 cm³/mol. The van der Waals surface area contributed by atoms with Crippen LogP contribution in [0.15, 0.2) is 65.2 Å². The Hall–Kier alpha value is -3.67. The van der Waals surface area contributed by atoms with Crippen LogP contribution in [0.3, 0.4) is 0 Å². The van der Waals surface area contributed by atoms with Gasteiger partial charge in [-0.05, 0) is 24.6 Å². The van der Waals surface area contributed by atoms with E-state index in [1.807, 2.05) is 48.5 Å². The molecule has 0 aliphatic rings. The minimum atomic E-state index is -0.576. The van der Waals surface area contributed by atoms with Gasteiger partial charge >= 0.3 is 11.9 Å². The summed E-state index contributed by atoms with van der Waals surface area (Å²) in [5, 5.41) is 1.68. The lowest BCUT2D eigenvalue weighted by Gasteiger charge is -2.07. The van der Waals surface area contributed by atoms with Gasteiger partial charge in [0.15, 0.2) is 0 Å². The van der Waals surface area contributed by atoms with Crippen molar-refractivity contribution in [2.45, 2.75) is 20.0 Å². The summed E-state index contributed by atoms with van der Waals surface area (Å²) in [6.45, 7) is 1.86. The van der Waals surface area contributed by atoms with Crippen LogP contribution < -0.4 is 0 Å². The summed E-state index contributed by atoms with van der Waals surface area (Å²) < 4.78 is 16.2. The molecule has 2 aromatic carbocycles. The van der Waals surface area contributed by atoms with Crippen molar-refractivity contribution in [1.82, 2.24) is 4.98 Å². The molecule has 6 heteroatoms. The molecule has 0 aliphatic carbocycles. The lowest BCUT2D eigenvalue weighted by molar-refractivity contribution is -0.144. The number of esters is 2. The zero-order valence-electron chi connectivity index (χ0n) is 15.9. The van der Waals surface area contributed by atoms with Crippen LogP contribution in [0.1, 0.15) is 28.6 Å². The maximum absolute atomic E-state index is 12.5. The molecule has 0 spiro atoms. The average molecular weight is 389 g/mol. The number of carbonyl (C=O) groups is 2. The van der Waals surface area contributed by atoms with Gasteiger partial charge < -0.3 is 13.9 Å². The van der Waals surface area contributed by atoms with Gasteiger partial charge in [-0.15, -0.1) is 0 Å². The number of benzene rings is 2. The molecule has 0 N–H and O–H groups in total. The standard InChI is InChI=1S/C23H19NO5/c1-2-27-23(26)22-18(17-10-3-4-11-19(17)29-22)14-28-20(25)13-16-8-5-7-15-9-6-12-24-21(15)16/h3-12H,2,13-14H2,1H3.